The Morgan fingerprint density at radius 3 is 2.67 bits per heavy atom. The van der Waals surface area contributed by atoms with Crippen LogP contribution >= 0.6 is 0 Å². The summed E-state index contributed by atoms with van der Waals surface area (Å²) >= 11 is 0. The Balaban J connectivity index is 1.63. The number of amides is 1. The van der Waals surface area contributed by atoms with Gasteiger partial charge in [0.05, 0.1) is 24.3 Å². The summed E-state index contributed by atoms with van der Waals surface area (Å²) in [6, 6.07) is 12.1. The van der Waals surface area contributed by atoms with Gasteiger partial charge in [0.25, 0.3) is 5.91 Å². The Morgan fingerprint density at radius 1 is 1.22 bits per heavy atom. The van der Waals surface area contributed by atoms with Crippen molar-refractivity contribution >= 4 is 5.91 Å². The fourth-order valence-corrected chi connectivity index (χ4v) is 4.20. The van der Waals surface area contributed by atoms with Crippen molar-refractivity contribution in [3.05, 3.63) is 69.3 Å². The molecule has 4 rings (SSSR count). The molecule has 0 bridgehead atoms. The summed E-state index contributed by atoms with van der Waals surface area (Å²) in [6.07, 6.45) is 2.81. The van der Waals surface area contributed by atoms with Gasteiger partial charge in [0.2, 0.25) is 0 Å². The molecule has 0 saturated carbocycles. The lowest BCUT2D eigenvalue weighted by Crippen LogP contribution is -2.41. The normalized spacial score (nSPS) is 19.1. The van der Waals surface area contributed by atoms with Crippen LogP contribution in [0.2, 0.25) is 0 Å². The van der Waals surface area contributed by atoms with E-state index in [4.69, 9.17) is 10.00 Å². The molecule has 2 aliphatic rings. The van der Waals surface area contributed by atoms with Gasteiger partial charge in [-0.05, 0) is 79.1 Å². The molecule has 2 aliphatic heterocycles. The topological polar surface area (TPSA) is 53.3 Å². The molecule has 27 heavy (non-hydrogen) atoms. The van der Waals surface area contributed by atoms with Crippen LogP contribution in [0.1, 0.15) is 56.6 Å². The largest absolute Gasteiger partial charge is 0.379 e. The maximum absolute atomic E-state index is 13.1. The van der Waals surface area contributed by atoms with Crippen LogP contribution in [0.25, 0.3) is 0 Å². The summed E-state index contributed by atoms with van der Waals surface area (Å²) in [6.45, 7) is 6.43. The number of carbonyl (C=O) groups is 1. The molecule has 4 heteroatoms. The molecule has 138 valence electrons. The summed E-state index contributed by atoms with van der Waals surface area (Å²) in [5.41, 5.74) is 7.52. The maximum atomic E-state index is 13.1. The Kier molecular flexibility index (Phi) is 4.72. The number of nitriles is 1. The minimum Gasteiger partial charge on any atom is -0.379 e. The number of benzene rings is 2. The third-order valence-corrected chi connectivity index (χ3v) is 6.01. The molecule has 1 atom stereocenters. The number of rotatable bonds is 3. The Morgan fingerprint density at radius 2 is 2.00 bits per heavy atom. The Bertz CT molecular complexity index is 919. The van der Waals surface area contributed by atoms with Crippen LogP contribution in [0, 0.1) is 25.2 Å². The van der Waals surface area contributed by atoms with Crippen LogP contribution in [0.5, 0.6) is 0 Å². The first-order valence-corrected chi connectivity index (χ1v) is 9.58. The zero-order chi connectivity index (χ0) is 19.0. The molecule has 4 nitrogen and oxygen atoms in total. The highest BCUT2D eigenvalue weighted by Crippen LogP contribution is 2.33. The second kappa shape index (κ2) is 7.17. The van der Waals surface area contributed by atoms with E-state index in [1.54, 1.807) is 0 Å². The first kappa shape index (κ1) is 17.8. The van der Waals surface area contributed by atoms with E-state index in [9.17, 15) is 4.79 Å². The lowest BCUT2D eigenvalue weighted by Gasteiger charge is -2.30. The molecule has 2 aromatic carbocycles. The lowest BCUT2D eigenvalue weighted by molar-refractivity contribution is 0.0179. The molecular weight excluding hydrogens is 336 g/mol. The summed E-state index contributed by atoms with van der Waals surface area (Å²) in [7, 11) is 0. The van der Waals surface area contributed by atoms with Crippen molar-refractivity contribution in [1.82, 2.24) is 4.90 Å². The predicted octanol–water partition coefficient (Wildman–Crippen LogP) is 3.90. The van der Waals surface area contributed by atoms with Crippen LogP contribution in [-0.2, 0) is 17.7 Å². The molecule has 1 fully saturated rings. The maximum Gasteiger partial charge on any atom is 0.254 e. The first-order chi connectivity index (χ1) is 13.1. The molecule has 0 aliphatic carbocycles. The van der Waals surface area contributed by atoms with Gasteiger partial charge < -0.3 is 9.64 Å². The van der Waals surface area contributed by atoms with E-state index in [2.05, 4.69) is 26.0 Å². The quantitative estimate of drug-likeness (QED) is 0.834. The van der Waals surface area contributed by atoms with Crippen molar-refractivity contribution in [3.8, 4) is 6.07 Å². The van der Waals surface area contributed by atoms with Gasteiger partial charge in [-0.15, -0.1) is 0 Å². The molecule has 0 radical (unpaired) electrons. The molecule has 1 amide bonds. The van der Waals surface area contributed by atoms with E-state index in [1.165, 1.54) is 22.3 Å². The second-order valence-electron chi connectivity index (χ2n) is 7.60. The monoisotopic (exact) mass is 360 g/mol. The number of ether oxygens (including phenoxy) is 1. The number of carbonyl (C=O) groups excluding carboxylic acids is 1. The first-order valence-electron chi connectivity index (χ1n) is 9.58. The van der Waals surface area contributed by atoms with E-state index < -0.39 is 0 Å². The molecule has 1 unspecified atom stereocenters. The van der Waals surface area contributed by atoms with Crippen molar-refractivity contribution in [1.29, 1.82) is 5.26 Å². The summed E-state index contributed by atoms with van der Waals surface area (Å²) in [5, 5.41) is 8.96. The summed E-state index contributed by atoms with van der Waals surface area (Å²) in [4.78, 5) is 15.1. The standard InChI is InChI=1S/C23H24N2O2/c1-15-16(2)22-13-25(20-4-3-9-27-14-20)23(26)21(22)11-19(15)10-17-5-7-18(12-24)8-6-17/h5-8,11,20H,3-4,9-10,13-14H2,1-2H3. The van der Waals surface area contributed by atoms with Crippen molar-refractivity contribution in [3.63, 3.8) is 0 Å². The molecule has 2 aromatic rings. The van der Waals surface area contributed by atoms with Crippen LogP contribution < -0.4 is 0 Å². The smallest absolute Gasteiger partial charge is 0.254 e. The van der Waals surface area contributed by atoms with E-state index >= 15 is 0 Å². The van der Waals surface area contributed by atoms with Crippen LogP contribution in [0.15, 0.2) is 30.3 Å². The van der Waals surface area contributed by atoms with Gasteiger partial charge in [0.1, 0.15) is 0 Å². The minimum absolute atomic E-state index is 0.143. The van der Waals surface area contributed by atoms with E-state index in [0.29, 0.717) is 18.7 Å². The number of hydrogen-bond acceptors (Lipinski definition) is 3. The highest BCUT2D eigenvalue weighted by Gasteiger charge is 2.35. The number of hydrogen-bond donors (Lipinski definition) is 0. The van der Waals surface area contributed by atoms with Gasteiger partial charge in [-0.1, -0.05) is 12.1 Å². The molecule has 0 spiro atoms. The molecule has 0 aromatic heterocycles. The van der Waals surface area contributed by atoms with Crippen LogP contribution in [0.4, 0.5) is 0 Å². The fraction of sp³-hybridized carbons (Fsp3) is 0.391. The van der Waals surface area contributed by atoms with Crippen LogP contribution in [-0.4, -0.2) is 30.1 Å². The van der Waals surface area contributed by atoms with Gasteiger partial charge in [-0.3, -0.25) is 4.79 Å². The predicted molar refractivity (Wildman–Crippen MR) is 104 cm³/mol. The summed E-state index contributed by atoms with van der Waals surface area (Å²) in [5.74, 6) is 0.143. The zero-order valence-electron chi connectivity index (χ0n) is 15.9. The van der Waals surface area contributed by atoms with Crippen molar-refractivity contribution in [2.75, 3.05) is 13.2 Å². The third kappa shape index (κ3) is 3.24. The highest BCUT2D eigenvalue weighted by atomic mass is 16.5. The minimum atomic E-state index is 0.143. The van der Waals surface area contributed by atoms with Gasteiger partial charge >= 0.3 is 0 Å². The Labute approximate surface area is 160 Å². The van der Waals surface area contributed by atoms with E-state index in [1.807, 2.05) is 29.2 Å². The van der Waals surface area contributed by atoms with E-state index in [-0.39, 0.29) is 11.9 Å². The van der Waals surface area contributed by atoms with Crippen molar-refractivity contribution in [2.45, 2.75) is 45.7 Å². The third-order valence-electron chi connectivity index (χ3n) is 6.01. The number of fused-ring (bicyclic) bond motifs is 1. The molecule has 2 heterocycles. The van der Waals surface area contributed by atoms with Gasteiger partial charge in [-0.25, -0.2) is 0 Å². The SMILES string of the molecule is Cc1c(Cc2ccc(C#N)cc2)cc2c(c1C)CN(C1CCCOC1)C2=O. The highest BCUT2D eigenvalue weighted by molar-refractivity contribution is 5.99. The van der Waals surface area contributed by atoms with Crippen LogP contribution in [0.3, 0.4) is 0 Å². The summed E-state index contributed by atoms with van der Waals surface area (Å²) < 4.78 is 5.60. The number of nitrogens with zero attached hydrogens (tertiary/aromatic N) is 2. The average molecular weight is 360 g/mol. The van der Waals surface area contributed by atoms with Gasteiger partial charge in [-0.2, -0.15) is 5.26 Å². The van der Waals surface area contributed by atoms with Gasteiger partial charge in [0.15, 0.2) is 0 Å². The molecular formula is C23H24N2O2. The average Bonchev–Trinajstić information content (AvgIpc) is 3.04. The molecule has 1 saturated heterocycles. The zero-order valence-corrected chi connectivity index (χ0v) is 15.9. The second-order valence-corrected chi connectivity index (χ2v) is 7.60. The molecule has 0 N–H and O–H groups in total. The van der Waals surface area contributed by atoms with Crippen molar-refractivity contribution in [2.24, 2.45) is 0 Å². The van der Waals surface area contributed by atoms with Gasteiger partial charge in [0, 0.05) is 18.7 Å². The van der Waals surface area contributed by atoms with E-state index in [0.717, 1.165) is 37.0 Å². The lowest BCUT2D eigenvalue weighted by atomic mass is 9.91. The fourth-order valence-electron chi connectivity index (χ4n) is 4.20. The Hall–Kier alpha value is -2.64. The van der Waals surface area contributed by atoms with Crippen molar-refractivity contribution < 1.29 is 9.53 Å².